The average Bonchev–Trinajstić information content (AvgIpc) is 3.46. The zero-order chi connectivity index (χ0) is 23.2. The summed E-state index contributed by atoms with van der Waals surface area (Å²) < 4.78 is 12.3. The number of ether oxygens (including phenoxy) is 2. The molecular formula is C23H30N6O4. The SMILES string of the molecule is CCOC(=O)Cn1nnnc1CN(Cc1cc2cc(CC)ccc2[nH]c1=O)CC1CCCO1. The van der Waals surface area contributed by atoms with Crippen molar-refractivity contribution in [1.82, 2.24) is 30.1 Å². The highest BCUT2D eigenvalue weighted by atomic mass is 16.5. The van der Waals surface area contributed by atoms with Gasteiger partial charge in [-0.3, -0.25) is 14.5 Å². The van der Waals surface area contributed by atoms with Gasteiger partial charge >= 0.3 is 5.97 Å². The predicted molar refractivity (Wildman–Crippen MR) is 121 cm³/mol. The normalized spacial score (nSPS) is 16.0. The molecule has 3 heterocycles. The second-order valence-corrected chi connectivity index (χ2v) is 8.26. The van der Waals surface area contributed by atoms with E-state index in [0.717, 1.165) is 36.8 Å². The van der Waals surface area contributed by atoms with E-state index in [1.54, 1.807) is 6.92 Å². The Kier molecular flexibility index (Phi) is 7.46. The van der Waals surface area contributed by atoms with Crippen LogP contribution in [0, 0.1) is 0 Å². The Morgan fingerprint density at radius 2 is 2.18 bits per heavy atom. The number of aromatic nitrogens is 5. The summed E-state index contributed by atoms with van der Waals surface area (Å²) in [5.74, 6) is 0.140. The van der Waals surface area contributed by atoms with Crippen molar-refractivity contribution < 1.29 is 14.3 Å². The number of rotatable bonds is 10. The molecule has 0 saturated carbocycles. The number of aromatic amines is 1. The van der Waals surface area contributed by atoms with Gasteiger partial charge in [-0.15, -0.1) is 5.10 Å². The largest absolute Gasteiger partial charge is 0.465 e. The summed E-state index contributed by atoms with van der Waals surface area (Å²) in [4.78, 5) is 29.8. The smallest absolute Gasteiger partial charge is 0.327 e. The molecule has 33 heavy (non-hydrogen) atoms. The summed E-state index contributed by atoms with van der Waals surface area (Å²) in [5, 5.41) is 12.8. The number of esters is 1. The first-order valence-electron chi connectivity index (χ1n) is 11.4. The van der Waals surface area contributed by atoms with Crippen molar-refractivity contribution in [3.8, 4) is 0 Å². The second-order valence-electron chi connectivity index (χ2n) is 8.26. The Hall–Kier alpha value is -3.11. The number of tetrazole rings is 1. The molecule has 1 N–H and O–H groups in total. The van der Waals surface area contributed by atoms with E-state index in [4.69, 9.17) is 9.47 Å². The Labute approximate surface area is 191 Å². The van der Waals surface area contributed by atoms with E-state index >= 15 is 0 Å². The number of H-pyrrole nitrogens is 1. The molecule has 3 aromatic rings. The fourth-order valence-electron chi connectivity index (χ4n) is 4.13. The van der Waals surface area contributed by atoms with E-state index in [2.05, 4.69) is 38.4 Å². The first-order valence-corrected chi connectivity index (χ1v) is 11.4. The Morgan fingerprint density at radius 1 is 1.30 bits per heavy atom. The molecular weight excluding hydrogens is 424 g/mol. The average molecular weight is 455 g/mol. The lowest BCUT2D eigenvalue weighted by atomic mass is 10.1. The van der Waals surface area contributed by atoms with Crippen LogP contribution in [0.1, 0.15) is 43.6 Å². The molecule has 0 spiro atoms. The monoisotopic (exact) mass is 454 g/mol. The Bertz CT molecular complexity index is 1150. The first-order chi connectivity index (χ1) is 16.1. The molecule has 1 unspecified atom stereocenters. The van der Waals surface area contributed by atoms with Crippen molar-refractivity contribution in [3.63, 3.8) is 0 Å². The summed E-state index contributed by atoms with van der Waals surface area (Å²) in [6, 6.07) is 8.05. The molecule has 1 atom stereocenters. The molecule has 0 radical (unpaired) electrons. The maximum atomic E-state index is 12.8. The van der Waals surface area contributed by atoms with Crippen LogP contribution in [0.4, 0.5) is 0 Å². The second kappa shape index (κ2) is 10.7. The topological polar surface area (TPSA) is 115 Å². The number of pyridine rings is 1. The third-order valence-corrected chi connectivity index (χ3v) is 5.83. The third-order valence-electron chi connectivity index (χ3n) is 5.83. The summed E-state index contributed by atoms with van der Waals surface area (Å²) in [6.45, 7) is 6.27. The van der Waals surface area contributed by atoms with Crippen molar-refractivity contribution in [2.24, 2.45) is 0 Å². The Balaban J connectivity index is 1.58. The van der Waals surface area contributed by atoms with Gasteiger partial charge in [0.1, 0.15) is 6.54 Å². The van der Waals surface area contributed by atoms with Crippen LogP contribution in [-0.4, -0.2) is 61.9 Å². The van der Waals surface area contributed by atoms with Gasteiger partial charge in [0.15, 0.2) is 5.82 Å². The lowest BCUT2D eigenvalue weighted by Crippen LogP contribution is -2.34. The minimum Gasteiger partial charge on any atom is -0.465 e. The third kappa shape index (κ3) is 5.82. The highest BCUT2D eigenvalue weighted by molar-refractivity contribution is 5.79. The van der Waals surface area contributed by atoms with Crippen LogP contribution in [-0.2, 0) is 40.3 Å². The number of nitrogens with one attached hydrogen (secondary N) is 1. The molecule has 1 aromatic carbocycles. The van der Waals surface area contributed by atoms with Gasteiger partial charge in [0.25, 0.3) is 5.56 Å². The van der Waals surface area contributed by atoms with Gasteiger partial charge < -0.3 is 14.5 Å². The number of carbonyl (C=O) groups is 1. The summed E-state index contributed by atoms with van der Waals surface area (Å²) >= 11 is 0. The minimum absolute atomic E-state index is 0.0553. The maximum absolute atomic E-state index is 12.8. The molecule has 1 saturated heterocycles. The van der Waals surface area contributed by atoms with Crippen LogP contribution in [0.15, 0.2) is 29.1 Å². The molecule has 4 rings (SSSR count). The highest BCUT2D eigenvalue weighted by Gasteiger charge is 2.23. The van der Waals surface area contributed by atoms with E-state index < -0.39 is 5.97 Å². The van der Waals surface area contributed by atoms with Gasteiger partial charge in [-0.1, -0.05) is 13.0 Å². The van der Waals surface area contributed by atoms with Crippen molar-refractivity contribution in [2.45, 2.75) is 58.8 Å². The van der Waals surface area contributed by atoms with Gasteiger partial charge in [-0.2, -0.15) is 0 Å². The van der Waals surface area contributed by atoms with Gasteiger partial charge in [-0.25, -0.2) is 4.68 Å². The van der Waals surface area contributed by atoms with E-state index in [1.165, 1.54) is 10.2 Å². The molecule has 10 heteroatoms. The molecule has 0 bridgehead atoms. The fourth-order valence-corrected chi connectivity index (χ4v) is 4.13. The first kappa shape index (κ1) is 23.1. The van der Waals surface area contributed by atoms with E-state index in [9.17, 15) is 9.59 Å². The number of carbonyl (C=O) groups excluding carboxylic acids is 1. The maximum Gasteiger partial charge on any atom is 0.327 e. The fraction of sp³-hybridized carbons (Fsp3) is 0.522. The number of aryl methyl sites for hydroxylation is 1. The van der Waals surface area contributed by atoms with Crippen molar-refractivity contribution >= 4 is 16.9 Å². The molecule has 0 amide bonds. The molecule has 1 aliphatic heterocycles. The zero-order valence-electron chi connectivity index (χ0n) is 19.1. The molecule has 10 nitrogen and oxygen atoms in total. The summed E-state index contributed by atoms with van der Waals surface area (Å²) in [5.41, 5.74) is 2.59. The van der Waals surface area contributed by atoms with Crippen LogP contribution in [0.3, 0.4) is 0 Å². The molecule has 2 aromatic heterocycles. The standard InChI is InChI=1S/C23H30N6O4/c1-3-16-7-8-20-17(10-16)11-18(23(31)24-20)12-28(13-19-6-5-9-33-19)14-21-25-26-27-29(21)15-22(30)32-4-2/h7-8,10-11,19H,3-6,9,12-15H2,1-2H3,(H,24,31). The zero-order valence-corrected chi connectivity index (χ0v) is 19.1. The number of nitrogens with zero attached hydrogens (tertiary/aromatic N) is 5. The highest BCUT2D eigenvalue weighted by Crippen LogP contribution is 2.18. The van der Waals surface area contributed by atoms with E-state index in [-0.39, 0.29) is 18.2 Å². The van der Waals surface area contributed by atoms with Gasteiger partial charge in [-0.05, 0) is 65.8 Å². The number of hydrogen-bond acceptors (Lipinski definition) is 8. The molecule has 176 valence electrons. The quantitative estimate of drug-likeness (QED) is 0.461. The minimum atomic E-state index is -0.394. The predicted octanol–water partition coefficient (Wildman–Crippen LogP) is 1.82. The van der Waals surface area contributed by atoms with Crippen LogP contribution < -0.4 is 5.56 Å². The van der Waals surface area contributed by atoms with Crippen LogP contribution in [0.5, 0.6) is 0 Å². The van der Waals surface area contributed by atoms with E-state index in [1.807, 2.05) is 18.2 Å². The Morgan fingerprint density at radius 3 is 2.94 bits per heavy atom. The van der Waals surface area contributed by atoms with Crippen LogP contribution in [0.25, 0.3) is 10.9 Å². The number of fused-ring (bicyclic) bond motifs is 1. The number of benzene rings is 1. The molecule has 1 aliphatic rings. The van der Waals surface area contributed by atoms with Gasteiger partial charge in [0, 0.05) is 30.8 Å². The summed E-state index contributed by atoms with van der Waals surface area (Å²) in [6.07, 6.45) is 3.01. The van der Waals surface area contributed by atoms with Crippen molar-refractivity contribution in [3.05, 3.63) is 51.6 Å². The van der Waals surface area contributed by atoms with Crippen molar-refractivity contribution in [2.75, 3.05) is 19.8 Å². The van der Waals surface area contributed by atoms with Crippen LogP contribution in [0.2, 0.25) is 0 Å². The van der Waals surface area contributed by atoms with Crippen molar-refractivity contribution in [1.29, 1.82) is 0 Å². The van der Waals surface area contributed by atoms with Gasteiger partial charge in [0.05, 0.1) is 19.3 Å². The lowest BCUT2D eigenvalue weighted by Gasteiger charge is -2.24. The van der Waals surface area contributed by atoms with Crippen LogP contribution >= 0.6 is 0 Å². The molecule has 0 aliphatic carbocycles. The molecule has 1 fully saturated rings. The summed E-state index contributed by atoms with van der Waals surface area (Å²) in [7, 11) is 0. The van der Waals surface area contributed by atoms with Gasteiger partial charge in [0.2, 0.25) is 0 Å². The lowest BCUT2D eigenvalue weighted by molar-refractivity contribution is -0.144. The number of hydrogen-bond donors (Lipinski definition) is 1. The van der Waals surface area contributed by atoms with E-state index in [0.29, 0.717) is 37.6 Å².